The minimum absolute atomic E-state index is 0. The second-order valence-electron chi connectivity index (χ2n) is 12.9. The van der Waals surface area contributed by atoms with Gasteiger partial charge in [-0.05, 0) is 0 Å². The molecule has 0 amide bonds. The van der Waals surface area contributed by atoms with Crippen molar-refractivity contribution in [3.63, 3.8) is 0 Å². The van der Waals surface area contributed by atoms with Crippen molar-refractivity contribution in [3.05, 3.63) is 29.3 Å². The van der Waals surface area contributed by atoms with Crippen molar-refractivity contribution in [2.24, 2.45) is 0 Å². The van der Waals surface area contributed by atoms with Crippen LogP contribution in [0.5, 0.6) is 0 Å². The molecule has 0 aliphatic heterocycles. The molecule has 0 aromatic heterocycles. The molecule has 0 N–H and O–H groups in total. The van der Waals surface area contributed by atoms with E-state index in [1.807, 2.05) is 0 Å². The molecule has 0 nitrogen and oxygen atoms in total. The van der Waals surface area contributed by atoms with E-state index in [4.69, 9.17) is 0 Å². The molecular formula is C25H48BP. The van der Waals surface area contributed by atoms with Crippen LogP contribution in [0.1, 0.15) is 107 Å². The molecule has 0 unspecified atom stereocenters. The Morgan fingerprint density at radius 1 is 0.630 bits per heavy atom. The van der Waals surface area contributed by atoms with Crippen molar-refractivity contribution in [2.75, 3.05) is 0 Å². The van der Waals surface area contributed by atoms with Gasteiger partial charge in [0.1, 0.15) is 0 Å². The van der Waals surface area contributed by atoms with Crippen molar-refractivity contribution in [1.29, 1.82) is 0 Å². The molecule has 1 aliphatic rings. The summed E-state index contributed by atoms with van der Waals surface area (Å²) in [6, 6.07) is 7.73. The summed E-state index contributed by atoms with van der Waals surface area (Å²) < 4.78 is 0. The molecule has 0 heterocycles. The van der Waals surface area contributed by atoms with Crippen LogP contribution in [-0.4, -0.2) is 24.4 Å². The first kappa shape index (κ1) is 24.8. The van der Waals surface area contributed by atoms with Gasteiger partial charge in [0.25, 0.3) is 0 Å². The Bertz CT molecular complexity index is 609. The van der Waals surface area contributed by atoms with Crippen molar-refractivity contribution >= 4 is 21.0 Å². The van der Waals surface area contributed by atoms with Gasteiger partial charge in [0.2, 0.25) is 0 Å². The monoisotopic (exact) mass is 390 g/mol. The molecule has 0 radical (unpaired) electrons. The van der Waals surface area contributed by atoms with Crippen LogP contribution in [-0.2, 0) is 10.8 Å². The van der Waals surface area contributed by atoms with E-state index < -0.39 is 7.26 Å². The van der Waals surface area contributed by atoms with Crippen LogP contribution >= 0.6 is 7.26 Å². The summed E-state index contributed by atoms with van der Waals surface area (Å²) in [5.74, 6) is 0. The molecule has 156 valence electrons. The summed E-state index contributed by atoms with van der Waals surface area (Å²) in [5, 5.41) is 2.44. The van der Waals surface area contributed by atoms with Crippen LogP contribution in [0.25, 0.3) is 0 Å². The van der Waals surface area contributed by atoms with Gasteiger partial charge in [-0.15, -0.1) is 0 Å². The Balaban J connectivity index is 0.00000364. The molecule has 2 heteroatoms. The Morgan fingerprint density at radius 3 is 1.19 bits per heavy atom. The predicted octanol–water partition coefficient (Wildman–Crippen LogP) is 6.23. The summed E-state index contributed by atoms with van der Waals surface area (Å²) >= 11 is 0. The van der Waals surface area contributed by atoms with E-state index in [-0.39, 0.29) is 19.2 Å². The van der Waals surface area contributed by atoms with Crippen LogP contribution < -0.4 is 5.30 Å². The van der Waals surface area contributed by atoms with Crippen molar-refractivity contribution < 1.29 is 0 Å². The fraction of sp³-hybridized carbons (Fsp3) is 0.760. The molecule has 27 heavy (non-hydrogen) atoms. The van der Waals surface area contributed by atoms with Crippen molar-refractivity contribution in [3.8, 4) is 0 Å². The van der Waals surface area contributed by atoms with Gasteiger partial charge in [0.05, 0.1) is 8.41 Å². The third-order valence-corrected chi connectivity index (χ3v) is 14.4. The van der Waals surface area contributed by atoms with Gasteiger partial charge in [-0.3, -0.25) is 0 Å². The third kappa shape index (κ3) is 4.50. The van der Waals surface area contributed by atoms with Crippen LogP contribution in [0.2, 0.25) is 0 Å². The molecule has 1 aromatic rings. The zero-order valence-corrected chi connectivity index (χ0v) is 20.7. The molecule has 0 spiro atoms. The molecule has 0 saturated heterocycles. The zero-order chi connectivity index (χ0) is 20.3. The van der Waals surface area contributed by atoms with E-state index in [2.05, 4.69) is 101 Å². The quantitative estimate of drug-likeness (QED) is 0.415. The van der Waals surface area contributed by atoms with Crippen LogP contribution in [0.4, 0.5) is 0 Å². The first-order valence-electron chi connectivity index (χ1n) is 10.6. The fourth-order valence-electron chi connectivity index (χ4n) is 5.69. The van der Waals surface area contributed by atoms with E-state index in [1.165, 1.54) is 24.0 Å². The summed E-state index contributed by atoms with van der Waals surface area (Å²) in [4.78, 5) is 0. The SMILES string of the molecule is B.CC(C)(C)c1cc(C(C)(C)C)cc([PH](C2CC2)(C(C)(C)C)C(C)(C)C)c1. The van der Waals surface area contributed by atoms with Crippen LogP contribution in [0.15, 0.2) is 18.2 Å². The second-order valence-corrected chi connectivity index (χ2v) is 18.9. The molecule has 1 aliphatic carbocycles. The van der Waals surface area contributed by atoms with Crippen LogP contribution in [0.3, 0.4) is 0 Å². The standard InChI is InChI=1S/C25H45P.BH3/c1-22(2,3)18-15-19(23(4,5)6)17-21(16-18)26(20-13-14-20,24(7,8)9)25(10,11)12;/h15-17,20,26H,13-14H2,1-12H3;1H3. The summed E-state index contributed by atoms with van der Waals surface area (Å²) in [7, 11) is -1.76. The predicted molar refractivity (Wildman–Crippen MR) is 134 cm³/mol. The maximum absolute atomic E-state index is 2.62. The number of hydrogen-bond donors (Lipinski definition) is 0. The van der Waals surface area contributed by atoms with Gasteiger partial charge < -0.3 is 0 Å². The van der Waals surface area contributed by atoms with Gasteiger partial charge in [0, 0.05) is 0 Å². The van der Waals surface area contributed by atoms with Crippen LogP contribution in [0, 0.1) is 0 Å². The van der Waals surface area contributed by atoms with E-state index >= 15 is 0 Å². The summed E-state index contributed by atoms with van der Waals surface area (Å²) in [5.41, 5.74) is 4.35. The van der Waals surface area contributed by atoms with Gasteiger partial charge in [0.15, 0.2) is 0 Å². The summed E-state index contributed by atoms with van der Waals surface area (Å²) in [6.45, 7) is 29.4. The first-order valence-corrected chi connectivity index (χ1v) is 12.7. The Morgan fingerprint density at radius 2 is 0.963 bits per heavy atom. The molecule has 1 aromatic carbocycles. The third-order valence-electron chi connectivity index (χ3n) is 6.68. The fourth-order valence-corrected chi connectivity index (χ4v) is 14.4. The van der Waals surface area contributed by atoms with Crippen molar-refractivity contribution in [1.82, 2.24) is 0 Å². The minimum atomic E-state index is -1.76. The van der Waals surface area contributed by atoms with E-state index in [0.717, 1.165) is 5.66 Å². The number of benzene rings is 1. The maximum atomic E-state index is 2.62. The topological polar surface area (TPSA) is 0 Å². The van der Waals surface area contributed by atoms with E-state index in [9.17, 15) is 0 Å². The Labute approximate surface area is 173 Å². The molecule has 0 atom stereocenters. The molecular weight excluding hydrogens is 342 g/mol. The average Bonchev–Trinajstić information content (AvgIpc) is 3.18. The van der Waals surface area contributed by atoms with Gasteiger partial charge >= 0.3 is 165 Å². The average molecular weight is 390 g/mol. The molecule has 1 saturated carbocycles. The molecule has 2 rings (SSSR count). The Kier molecular flexibility index (Phi) is 6.60. The number of hydrogen-bond acceptors (Lipinski definition) is 0. The molecule has 1 fully saturated rings. The van der Waals surface area contributed by atoms with Gasteiger partial charge in [-0.25, -0.2) is 0 Å². The first-order chi connectivity index (χ1) is 11.4. The van der Waals surface area contributed by atoms with Crippen molar-refractivity contribution in [2.45, 2.75) is 123 Å². The number of rotatable bonds is 2. The zero-order valence-electron chi connectivity index (χ0n) is 19.7. The Hall–Kier alpha value is -0.285. The van der Waals surface area contributed by atoms with E-state index in [1.54, 1.807) is 5.30 Å². The molecule has 0 bridgehead atoms. The van der Waals surface area contributed by atoms with Gasteiger partial charge in [-0.1, -0.05) is 0 Å². The van der Waals surface area contributed by atoms with Gasteiger partial charge in [-0.2, -0.15) is 0 Å². The second kappa shape index (κ2) is 7.20. The summed E-state index contributed by atoms with van der Waals surface area (Å²) in [6.07, 6.45) is 2.87. The van der Waals surface area contributed by atoms with E-state index in [0.29, 0.717) is 10.3 Å². The normalized spacial score (nSPS) is 17.5.